The highest BCUT2D eigenvalue weighted by Crippen LogP contribution is 2.51. The number of rotatable bonds is 7. The Bertz CT molecular complexity index is 1120. The van der Waals surface area contributed by atoms with Crippen molar-refractivity contribution in [3.63, 3.8) is 0 Å². The molecule has 0 spiro atoms. The third-order valence-electron chi connectivity index (χ3n) is 9.03. The van der Waals surface area contributed by atoms with E-state index in [1.807, 2.05) is 19.0 Å². The Labute approximate surface area is 238 Å². The molecule has 0 unspecified atom stereocenters. The number of aromatic nitrogens is 1. The van der Waals surface area contributed by atoms with Crippen LogP contribution < -0.4 is 5.32 Å². The van der Waals surface area contributed by atoms with E-state index in [-0.39, 0.29) is 49.7 Å². The largest absolute Gasteiger partial charge is 0.448 e. The summed E-state index contributed by atoms with van der Waals surface area (Å²) in [6, 6.07) is 1.23. The van der Waals surface area contributed by atoms with Gasteiger partial charge in [-0.25, -0.2) is 4.79 Å². The summed E-state index contributed by atoms with van der Waals surface area (Å²) in [7, 11) is 5.45. The van der Waals surface area contributed by atoms with Gasteiger partial charge in [0.15, 0.2) is 0 Å². The maximum atomic E-state index is 14.4. The number of hydrogen-bond donors (Lipinski definition) is 1. The van der Waals surface area contributed by atoms with Crippen molar-refractivity contribution in [3.8, 4) is 0 Å². The number of amides is 2. The number of carbonyl (C=O) groups is 2. The van der Waals surface area contributed by atoms with E-state index in [2.05, 4.69) is 10.3 Å². The van der Waals surface area contributed by atoms with Crippen LogP contribution in [0.25, 0.3) is 0 Å². The first-order chi connectivity index (χ1) is 19.5. The minimum atomic E-state index is -4.51. The summed E-state index contributed by atoms with van der Waals surface area (Å²) in [5.74, 6) is -0.218. The molecule has 3 aliphatic heterocycles. The lowest BCUT2D eigenvalue weighted by Crippen LogP contribution is -2.52. The summed E-state index contributed by atoms with van der Waals surface area (Å²) in [6.45, 7) is 3.03. The summed E-state index contributed by atoms with van der Waals surface area (Å²) in [4.78, 5) is 36.6. The van der Waals surface area contributed by atoms with Gasteiger partial charge in [0, 0.05) is 76.8 Å². The van der Waals surface area contributed by atoms with E-state index < -0.39 is 23.2 Å². The van der Waals surface area contributed by atoms with Gasteiger partial charge in [-0.3, -0.25) is 9.78 Å². The van der Waals surface area contributed by atoms with Crippen molar-refractivity contribution in [2.75, 3.05) is 67.2 Å². The molecule has 228 valence electrons. The normalized spacial score (nSPS) is 29.9. The first kappa shape index (κ1) is 30.0. The average Bonchev–Trinajstić information content (AvgIpc) is 3.46. The van der Waals surface area contributed by atoms with Crippen LogP contribution >= 0.6 is 0 Å². The van der Waals surface area contributed by atoms with Gasteiger partial charge in [-0.05, 0) is 50.9 Å². The zero-order chi connectivity index (χ0) is 29.4. The lowest BCUT2D eigenvalue weighted by Gasteiger charge is -2.37. The molecule has 10 nitrogen and oxygen atoms in total. The second-order valence-corrected chi connectivity index (χ2v) is 12.0. The minimum absolute atomic E-state index is 0.0344. The van der Waals surface area contributed by atoms with Crippen LogP contribution in [0.3, 0.4) is 0 Å². The van der Waals surface area contributed by atoms with Crippen LogP contribution in [0.5, 0.6) is 0 Å². The van der Waals surface area contributed by atoms with Crippen molar-refractivity contribution in [2.45, 2.75) is 56.6 Å². The predicted octanol–water partition coefficient (Wildman–Crippen LogP) is 2.16. The Morgan fingerprint density at radius 1 is 1.29 bits per heavy atom. The average molecular weight is 584 g/mol. The maximum Gasteiger partial charge on any atom is 0.417 e. The van der Waals surface area contributed by atoms with Crippen molar-refractivity contribution < 1.29 is 37.0 Å². The van der Waals surface area contributed by atoms with Gasteiger partial charge in [0.05, 0.1) is 23.7 Å². The molecule has 4 aliphatic rings. The SMILES string of the molecule is CO[C@@H]1COCC[C@@H]1N[C@@H]1C[C@H]2CN(C(=O)OCCN(C)C)C[C@@]2(C(=O)N2CCc3ncc(C(F)(F)F)cc3C2)C1. The van der Waals surface area contributed by atoms with E-state index in [4.69, 9.17) is 14.2 Å². The van der Waals surface area contributed by atoms with Gasteiger partial charge in [-0.2, -0.15) is 13.2 Å². The molecular formula is C28H40F3N5O5. The third kappa shape index (κ3) is 6.32. The first-order valence-electron chi connectivity index (χ1n) is 14.3. The Morgan fingerprint density at radius 3 is 2.83 bits per heavy atom. The molecule has 0 bridgehead atoms. The Kier molecular flexibility index (Phi) is 8.79. The van der Waals surface area contributed by atoms with Gasteiger partial charge >= 0.3 is 12.3 Å². The standard InChI is InChI=1S/C28H40F3N5O5/c1-34(2)7-9-41-26(38)36-15-20-11-21(33-23-5-8-40-16-24(23)39-3)12-27(20,17-36)25(37)35-6-4-22-18(14-35)10-19(13-32-22)28(29,30)31/h10,13,20-21,23-24,33H,4-9,11-12,14-17H2,1-3H3/t20-,21+,23-,24+,27-/m0/s1. The number of likely N-dealkylation sites (N-methyl/N-ethyl adjacent to an activating group) is 1. The Balaban J connectivity index is 1.35. The molecular weight excluding hydrogens is 543 g/mol. The molecule has 1 aromatic rings. The molecule has 0 radical (unpaired) electrons. The van der Waals surface area contributed by atoms with E-state index in [1.54, 1.807) is 16.9 Å². The number of halogens is 3. The fraction of sp³-hybridized carbons (Fsp3) is 0.750. The fourth-order valence-electron chi connectivity index (χ4n) is 6.88. The monoisotopic (exact) mass is 583 g/mol. The molecule has 13 heteroatoms. The molecule has 5 rings (SSSR count). The van der Waals surface area contributed by atoms with E-state index >= 15 is 0 Å². The highest BCUT2D eigenvalue weighted by atomic mass is 19.4. The van der Waals surface area contributed by atoms with Gasteiger partial charge in [-0.15, -0.1) is 0 Å². The number of carbonyl (C=O) groups excluding carboxylic acids is 2. The van der Waals surface area contributed by atoms with E-state index in [1.165, 1.54) is 0 Å². The Morgan fingerprint density at radius 2 is 2.10 bits per heavy atom. The van der Waals surface area contributed by atoms with Gasteiger partial charge in [0.1, 0.15) is 6.61 Å². The van der Waals surface area contributed by atoms with Crippen LogP contribution in [0.4, 0.5) is 18.0 Å². The fourth-order valence-corrected chi connectivity index (χ4v) is 6.88. The van der Waals surface area contributed by atoms with Crippen molar-refractivity contribution in [3.05, 3.63) is 29.1 Å². The van der Waals surface area contributed by atoms with Gasteiger partial charge in [0.2, 0.25) is 5.91 Å². The molecule has 1 N–H and O–H groups in total. The molecule has 1 aromatic heterocycles. The highest BCUT2D eigenvalue weighted by molar-refractivity contribution is 5.86. The van der Waals surface area contributed by atoms with Crippen molar-refractivity contribution >= 4 is 12.0 Å². The second kappa shape index (κ2) is 12.0. The number of hydrogen-bond acceptors (Lipinski definition) is 8. The van der Waals surface area contributed by atoms with Gasteiger partial charge in [0.25, 0.3) is 0 Å². The quantitative estimate of drug-likeness (QED) is 0.522. The predicted molar refractivity (Wildman–Crippen MR) is 142 cm³/mol. The van der Waals surface area contributed by atoms with Crippen molar-refractivity contribution in [2.24, 2.45) is 11.3 Å². The molecule has 0 aromatic carbocycles. The smallest absolute Gasteiger partial charge is 0.417 e. The van der Waals surface area contributed by atoms with Crippen LogP contribution in [0.2, 0.25) is 0 Å². The molecule has 1 aliphatic carbocycles. The summed E-state index contributed by atoms with van der Waals surface area (Å²) in [5, 5.41) is 3.71. The van der Waals surface area contributed by atoms with Crippen LogP contribution in [-0.2, 0) is 38.1 Å². The van der Waals surface area contributed by atoms with Crippen molar-refractivity contribution in [1.29, 1.82) is 0 Å². The summed E-state index contributed by atoms with van der Waals surface area (Å²) >= 11 is 0. The first-order valence-corrected chi connectivity index (χ1v) is 14.3. The van der Waals surface area contributed by atoms with Crippen LogP contribution in [0, 0.1) is 11.3 Å². The number of alkyl halides is 3. The van der Waals surface area contributed by atoms with E-state index in [0.717, 1.165) is 18.7 Å². The highest BCUT2D eigenvalue weighted by Gasteiger charge is 2.60. The number of nitrogens with zero attached hydrogens (tertiary/aromatic N) is 4. The molecule has 4 heterocycles. The van der Waals surface area contributed by atoms with Gasteiger partial charge < -0.3 is 34.2 Å². The molecule has 3 fully saturated rings. The van der Waals surface area contributed by atoms with E-state index in [0.29, 0.717) is 63.4 Å². The van der Waals surface area contributed by atoms with Gasteiger partial charge in [-0.1, -0.05) is 0 Å². The third-order valence-corrected chi connectivity index (χ3v) is 9.03. The molecule has 2 amide bonds. The van der Waals surface area contributed by atoms with E-state index in [9.17, 15) is 22.8 Å². The molecule has 2 saturated heterocycles. The van der Waals surface area contributed by atoms with Crippen LogP contribution in [0.1, 0.15) is 36.1 Å². The topological polar surface area (TPSA) is 96.5 Å². The zero-order valence-corrected chi connectivity index (χ0v) is 23.9. The summed E-state index contributed by atoms with van der Waals surface area (Å²) < 4.78 is 56.8. The number of likely N-dealkylation sites (tertiary alicyclic amines) is 1. The van der Waals surface area contributed by atoms with Crippen LogP contribution in [-0.4, -0.2) is 117 Å². The van der Waals surface area contributed by atoms with Crippen LogP contribution in [0.15, 0.2) is 12.3 Å². The Hall–Kier alpha value is -2.48. The lowest BCUT2D eigenvalue weighted by atomic mass is 9.78. The molecule has 5 atom stereocenters. The molecule has 41 heavy (non-hydrogen) atoms. The number of nitrogens with one attached hydrogen (secondary N) is 1. The summed E-state index contributed by atoms with van der Waals surface area (Å²) in [5.41, 5.74) is -0.658. The number of fused-ring (bicyclic) bond motifs is 2. The number of pyridine rings is 1. The molecule has 1 saturated carbocycles. The second-order valence-electron chi connectivity index (χ2n) is 12.0. The summed E-state index contributed by atoms with van der Waals surface area (Å²) in [6.07, 6.45) is -1.78. The lowest BCUT2D eigenvalue weighted by molar-refractivity contribution is -0.143. The number of methoxy groups -OCH3 is 1. The minimum Gasteiger partial charge on any atom is -0.448 e. The number of ether oxygens (including phenoxy) is 3. The maximum absolute atomic E-state index is 14.4. The zero-order valence-electron chi connectivity index (χ0n) is 23.9. The van der Waals surface area contributed by atoms with Crippen molar-refractivity contribution in [1.82, 2.24) is 25.0 Å².